The highest BCUT2D eigenvalue weighted by molar-refractivity contribution is 9.10. The van der Waals surface area contributed by atoms with Crippen LogP contribution >= 0.6 is 15.9 Å². The SMILES string of the molecule is C=CCC(NCCC)c1c(Br)cnn1C. The van der Waals surface area contributed by atoms with Gasteiger partial charge in [-0.15, -0.1) is 6.58 Å². The fourth-order valence-corrected chi connectivity index (χ4v) is 2.21. The largest absolute Gasteiger partial charge is 0.308 e. The van der Waals surface area contributed by atoms with Gasteiger partial charge in [-0.1, -0.05) is 13.0 Å². The van der Waals surface area contributed by atoms with Gasteiger partial charge >= 0.3 is 0 Å². The Labute approximate surface area is 99.7 Å². The molecule has 0 aliphatic heterocycles. The molecular formula is C11H18BrN3. The van der Waals surface area contributed by atoms with Gasteiger partial charge < -0.3 is 5.32 Å². The monoisotopic (exact) mass is 271 g/mol. The van der Waals surface area contributed by atoms with Crippen molar-refractivity contribution in [1.29, 1.82) is 0 Å². The molecule has 0 saturated heterocycles. The average Bonchev–Trinajstić information content (AvgIpc) is 2.54. The van der Waals surface area contributed by atoms with Crippen LogP contribution in [-0.4, -0.2) is 16.3 Å². The second-order valence-corrected chi connectivity index (χ2v) is 4.39. The average molecular weight is 272 g/mol. The number of aromatic nitrogens is 2. The first-order valence-electron chi connectivity index (χ1n) is 5.22. The number of aryl methyl sites for hydroxylation is 1. The quantitative estimate of drug-likeness (QED) is 0.807. The number of hydrogen-bond donors (Lipinski definition) is 1. The molecule has 0 saturated carbocycles. The summed E-state index contributed by atoms with van der Waals surface area (Å²) in [5.41, 5.74) is 1.18. The Morgan fingerprint density at radius 3 is 2.93 bits per heavy atom. The minimum absolute atomic E-state index is 0.296. The van der Waals surface area contributed by atoms with E-state index in [1.165, 1.54) is 5.69 Å². The van der Waals surface area contributed by atoms with E-state index in [1.807, 2.05) is 24.0 Å². The van der Waals surface area contributed by atoms with Crippen LogP contribution in [-0.2, 0) is 7.05 Å². The second kappa shape index (κ2) is 6.08. The summed E-state index contributed by atoms with van der Waals surface area (Å²) in [6.45, 7) is 6.97. The molecule has 0 aliphatic rings. The van der Waals surface area contributed by atoms with Gasteiger partial charge in [0.1, 0.15) is 0 Å². The maximum atomic E-state index is 4.22. The zero-order valence-electron chi connectivity index (χ0n) is 9.33. The maximum absolute atomic E-state index is 4.22. The molecule has 0 bridgehead atoms. The van der Waals surface area contributed by atoms with E-state index in [9.17, 15) is 0 Å². The van der Waals surface area contributed by atoms with Crippen molar-refractivity contribution in [2.24, 2.45) is 7.05 Å². The van der Waals surface area contributed by atoms with Gasteiger partial charge in [-0.3, -0.25) is 4.68 Å². The second-order valence-electron chi connectivity index (χ2n) is 3.53. The molecular weight excluding hydrogens is 254 g/mol. The van der Waals surface area contributed by atoms with Crippen molar-refractivity contribution in [2.75, 3.05) is 6.54 Å². The van der Waals surface area contributed by atoms with Gasteiger partial charge in [0.25, 0.3) is 0 Å². The lowest BCUT2D eigenvalue weighted by Gasteiger charge is -2.17. The Hall–Kier alpha value is -0.610. The lowest BCUT2D eigenvalue weighted by molar-refractivity contribution is 0.498. The third-order valence-electron chi connectivity index (χ3n) is 2.31. The normalized spacial score (nSPS) is 12.7. The lowest BCUT2D eigenvalue weighted by atomic mass is 10.1. The third kappa shape index (κ3) is 3.18. The first kappa shape index (κ1) is 12.5. The van der Waals surface area contributed by atoms with E-state index in [0.29, 0.717) is 6.04 Å². The lowest BCUT2D eigenvalue weighted by Crippen LogP contribution is -2.24. The van der Waals surface area contributed by atoms with Crippen molar-refractivity contribution in [3.63, 3.8) is 0 Å². The molecule has 3 nitrogen and oxygen atoms in total. The molecule has 0 aliphatic carbocycles. The first-order chi connectivity index (χ1) is 7.20. The highest BCUT2D eigenvalue weighted by Crippen LogP contribution is 2.25. The molecule has 1 rings (SSSR count). The number of nitrogens with one attached hydrogen (secondary N) is 1. The Balaban J connectivity index is 2.82. The first-order valence-corrected chi connectivity index (χ1v) is 6.01. The summed E-state index contributed by atoms with van der Waals surface area (Å²) < 4.78 is 2.96. The van der Waals surface area contributed by atoms with E-state index in [-0.39, 0.29) is 0 Å². The zero-order chi connectivity index (χ0) is 11.3. The molecule has 0 amide bonds. The molecule has 0 fully saturated rings. The van der Waals surface area contributed by atoms with Crippen LogP contribution in [0.1, 0.15) is 31.5 Å². The van der Waals surface area contributed by atoms with E-state index < -0.39 is 0 Å². The van der Waals surface area contributed by atoms with Crippen LogP contribution in [0, 0.1) is 0 Å². The summed E-state index contributed by atoms with van der Waals surface area (Å²) >= 11 is 3.52. The van der Waals surface area contributed by atoms with Gasteiger partial charge in [0.05, 0.1) is 22.4 Å². The molecule has 1 aromatic heterocycles. The number of hydrogen-bond acceptors (Lipinski definition) is 2. The summed E-state index contributed by atoms with van der Waals surface area (Å²) in [4.78, 5) is 0. The van der Waals surface area contributed by atoms with Crippen LogP contribution in [0.5, 0.6) is 0 Å². The van der Waals surface area contributed by atoms with Crippen molar-refractivity contribution >= 4 is 15.9 Å². The summed E-state index contributed by atoms with van der Waals surface area (Å²) in [5, 5.41) is 7.72. The number of rotatable bonds is 6. The summed E-state index contributed by atoms with van der Waals surface area (Å²) in [7, 11) is 1.96. The Morgan fingerprint density at radius 1 is 1.73 bits per heavy atom. The van der Waals surface area contributed by atoms with Crippen LogP contribution in [0.25, 0.3) is 0 Å². The van der Waals surface area contributed by atoms with E-state index >= 15 is 0 Å². The van der Waals surface area contributed by atoms with Gasteiger partial charge in [0.15, 0.2) is 0 Å². The minimum Gasteiger partial charge on any atom is -0.308 e. The van der Waals surface area contributed by atoms with Crippen LogP contribution < -0.4 is 5.32 Å². The summed E-state index contributed by atoms with van der Waals surface area (Å²) in [6, 6.07) is 0.296. The molecule has 0 spiro atoms. The van der Waals surface area contributed by atoms with Gasteiger partial charge in [-0.05, 0) is 35.3 Å². The molecule has 1 aromatic rings. The number of halogens is 1. The maximum Gasteiger partial charge on any atom is 0.0695 e. The number of nitrogens with zero attached hydrogens (tertiary/aromatic N) is 2. The zero-order valence-corrected chi connectivity index (χ0v) is 10.9. The predicted octanol–water partition coefficient (Wildman–Crippen LogP) is 2.80. The Morgan fingerprint density at radius 2 is 2.47 bits per heavy atom. The summed E-state index contributed by atoms with van der Waals surface area (Å²) in [6.07, 6.45) is 5.81. The summed E-state index contributed by atoms with van der Waals surface area (Å²) in [5.74, 6) is 0. The van der Waals surface area contributed by atoms with Crippen LogP contribution in [0.4, 0.5) is 0 Å². The van der Waals surface area contributed by atoms with Crippen LogP contribution in [0.2, 0.25) is 0 Å². The molecule has 1 unspecified atom stereocenters. The molecule has 0 aromatic carbocycles. The smallest absolute Gasteiger partial charge is 0.0695 e. The van der Waals surface area contributed by atoms with E-state index in [1.54, 1.807) is 0 Å². The third-order valence-corrected chi connectivity index (χ3v) is 2.92. The molecule has 15 heavy (non-hydrogen) atoms. The Kier molecular flexibility index (Phi) is 5.05. The molecule has 1 heterocycles. The van der Waals surface area contributed by atoms with Gasteiger partial charge in [0.2, 0.25) is 0 Å². The van der Waals surface area contributed by atoms with Gasteiger partial charge in [0, 0.05) is 7.05 Å². The Bertz CT molecular complexity index is 300. The molecule has 1 N–H and O–H groups in total. The standard InChI is InChI=1S/C11H18BrN3/c1-4-6-10(13-7-5-2)11-9(12)8-14-15(11)3/h4,8,10,13H,1,5-7H2,2-3H3. The topological polar surface area (TPSA) is 29.9 Å². The van der Waals surface area contributed by atoms with Crippen molar-refractivity contribution < 1.29 is 0 Å². The molecule has 1 atom stereocenters. The van der Waals surface area contributed by atoms with Crippen molar-refractivity contribution in [3.8, 4) is 0 Å². The highest BCUT2D eigenvalue weighted by Gasteiger charge is 2.16. The molecule has 4 heteroatoms. The van der Waals surface area contributed by atoms with Gasteiger partial charge in [-0.25, -0.2) is 0 Å². The predicted molar refractivity (Wildman–Crippen MR) is 66.8 cm³/mol. The van der Waals surface area contributed by atoms with Crippen LogP contribution in [0.3, 0.4) is 0 Å². The fraction of sp³-hybridized carbons (Fsp3) is 0.545. The van der Waals surface area contributed by atoms with Crippen molar-refractivity contribution in [3.05, 3.63) is 29.0 Å². The van der Waals surface area contributed by atoms with Crippen molar-refractivity contribution in [2.45, 2.75) is 25.8 Å². The van der Waals surface area contributed by atoms with Crippen LogP contribution in [0.15, 0.2) is 23.3 Å². The van der Waals surface area contributed by atoms with E-state index in [0.717, 1.165) is 23.9 Å². The molecule has 0 radical (unpaired) electrons. The molecule has 84 valence electrons. The van der Waals surface area contributed by atoms with E-state index in [2.05, 4.69) is 39.8 Å². The minimum atomic E-state index is 0.296. The van der Waals surface area contributed by atoms with E-state index in [4.69, 9.17) is 0 Å². The fourth-order valence-electron chi connectivity index (χ4n) is 1.59. The highest BCUT2D eigenvalue weighted by atomic mass is 79.9. The van der Waals surface area contributed by atoms with Gasteiger partial charge in [-0.2, -0.15) is 5.10 Å². The van der Waals surface area contributed by atoms with Crippen molar-refractivity contribution in [1.82, 2.24) is 15.1 Å².